The van der Waals surface area contributed by atoms with Gasteiger partial charge in [-0.25, -0.2) is 14.5 Å². The molecule has 1 saturated heterocycles. The van der Waals surface area contributed by atoms with E-state index < -0.39 is 29.2 Å². The number of carbonyl (C=O) groups is 3. The molecule has 0 aromatic carbocycles. The van der Waals surface area contributed by atoms with Crippen molar-refractivity contribution in [1.82, 2.24) is 35.4 Å². The first-order valence-corrected chi connectivity index (χ1v) is 14.4. The lowest BCUT2D eigenvalue weighted by Gasteiger charge is -2.49. The van der Waals surface area contributed by atoms with Crippen molar-refractivity contribution in [3.8, 4) is 0 Å². The molecule has 2 aromatic heterocycles. The highest BCUT2D eigenvalue weighted by molar-refractivity contribution is 8.01. The molecule has 2 aliphatic heterocycles. The van der Waals surface area contributed by atoms with Gasteiger partial charge in [0.1, 0.15) is 28.9 Å². The van der Waals surface area contributed by atoms with E-state index in [0.717, 1.165) is 30.6 Å². The predicted octanol–water partition coefficient (Wildman–Crippen LogP) is 0.609. The minimum absolute atomic E-state index is 0.0829. The van der Waals surface area contributed by atoms with Crippen molar-refractivity contribution in [3.63, 3.8) is 0 Å². The first-order valence-electron chi connectivity index (χ1n) is 11.5. The van der Waals surface area contributed by atoms with E-state index in [1.165, 1.54) is 33.1 Å². The number of amides is 2. The zero-order valence-corrected chi connectivity index (χ0v) is 22.5. The number of β-lactam (4-membered cyclic amide) rings is 1. The van der Waals surface area contributed by atoms with Crippen LogP contribution in [0, 0.1) is 0 Å². The number of rotatable bonds is 9. The maximum Gasteiger partial charge on any atom is 0.352 e. The zero-order chi connectivity index (χ0) is 26.8. The van der Waals surface area contributed by atoms with Gasteiger partial charge in [-0.3, -0.25) is 14.5 Å². The summed E-state index contributed by atoms with van der Waals surface area (Å²) in [5.41, 5.74) is 6.37. The third-order valence-electron chi connectivity index (χ3n) is 5.96. The van der Waals surface area contributed by atoms with Crippen molar-refractivity contribution in [3.05, 3.63) is 34.5 Å². The van der Waals surface area contributed by atoms with E-state index >= 15 is 0 Å². The van der Waals surface area contributed by atoms with Gasteiger partial charge in [0.05, 0.1) is 0 Å². The molecule has 4 N–H and O–H groups in total. The second-order valence-electron chi connectivity index (χ2n) is 8.51. The van der Waals surface area contributed by atoms with E-state index in [4.69, 9.17) is 10.6 Å². The van der Waals surface area contributed by atoms with E-state index in [0.29, 0.717) is 22.2 Å². The van der Waals surface area contributed by atoms with Crippen molar-refractivity contribution in [2.45, 2.75) is 41.9 Å². The van der Waals surface area contributed by atoms with Crippen molar-refractivity contribution in [1.29, 1.82) is 0 Å². The number of allylic oxidation sites excluding steroid dienone is 1. The minimum Gasteiger partial charge on any atom is -0.477 e. The maximum atomic E-state index is 13.2. The standard InChI is InChI=1S/C21H23N9O5S3/c1-29-21(25-27-28-29)38-8-10-7-36-18-14(17(32)30(18)15(10)19(33)34)24-16(31)13(12-9-37-20(22)23-12)26-35-11-5-3-2-4-6-11/h3,5,9,11,14,18H,2,4,6-8H2,1H3,(H2,22,23)(H,24,31)(H,33,34)/t11?,14?,18-/m1/s1. The Kier molecular flexibility index (Phi) is 7.66. The number of carboxylic acid groups (broad SMARTS) is 1. The number of nitrogens with zero attached hydrogens (tertiary/aromatic N) is 7. The number of nitrogen functional groups attached to an aromatic ring is 1. The number of nitrogens with one attached hydrogen (secondary N) is 1. The molecular formula is C21H23N9O5S3. The number of thioether (sulfide) groups is 2. The summed E-state index contributed by atoms with van der Waals surface area (Å²) in [7, 11) is 1.68. The molecule has 3 atom stereocenters. The summed E-state index contributed by atoms with van der Waals surface area (Å²) >= 11 is 3.79. The van der Waals surface area contributed by atoms with E-state index in [9.17, 15) is 19.5 Å². The van der Waals surface area contributed by atoms with Crippen molar-refractivity contribution in [2.24, 2.45) is 12.2 Å². The number of anilines is 1. The summed E-state index contributed by atoms with van der Waals surface area (Å²) in [5.74, 6) is -1.74. The number of aromatic nitrogens is 5. The van der Waals surface area contributed by atoms with E-state index in [2.05, 4.69) is 31.0 Å². The quantitative estimate of drug-likeness (QED) is 0.124. The molecule has 38 heavy (non-hydrogen) atoms. The Hall–Kier alpha value is -3.44. The van der Waals surface area contributed by atoms with Crippen LogP contribution in [0.2, 0.25) is 0 Å². The lowest BCUT2D eigenvalue weighted by Crippen LogP contribution is -2.71. The Bertz CT molecular complexity index is 1350. The molecule has 1 aliphatic carbocycles. The number of carbonyl (C=O) groups excluding carboxylic acids is 2. The minimum atomic E-state index is -1.21. The van der Waals surface area contributed by atoms with Crippen LogP contribution in [0.25, 0.3) is 0 Å². The number of carboxylic acids is 1. The van der Waals surface area contributed by atoms with Gasteiger partial charge in [0.2, 0.25) is 5.16 Å². The molecule has 4 heterocycles. The Balaban J connectivity index is 1.31. The fourth-order valence-corrected chi connectivity index (χ4v) is 6.97. The molecule has 17 heteroatoms. The lowest BCUT2D eigenvalue weighted by molar-refractivity contribution is -0.150. The molecule has 5 rings (SSSR count). The highest BCUT2D eigenvalue weighted by Gasteiger charge is 2.54. The first kappa shape index (κ1) is 26.2. The van der Waals surface area contributed by atoms with E-state index in [-0.39, 0.29) is 28.3 Å². The maximum absolute atomic E-state index is 13.2. The van der Waals surface area contributed by atoms with Gasteiger partial charge in [0.25, 0.3) is 11.8 Å². The summed E-state index contributed by atoms with van der Waals surface area (Å²) in [4.78, 5) is 49.4. The monoisotopic (exact) mass is 577 g/mol. The number of oxime groups is 1. The summed E-state index contributed by atoms with van der Waals surface area (Å²) in [6.45, 7) is 0. The van der Waals surface area contributed by atoms with Crippen LogP contribution in [0.1, 0.15) is 25.0 Å². The second-order valence-corrected chi connectivity index (χ2v) is 11.4. The molecule has 2 aromatic rings. The SMILES string of the molecule is Cn1nnnc1SCC1=C(C(=O)O)N2C(=O)C(NC(=O)C(=NOC3C=CCCC3)c3csc(N)n3)[C@H]2SC1. The van der Waals surface area contributed by atoms with Gasteiger partial charge in [0, 0.05) is 23.9 Å². The lowest BCUT2D eigenvalue weighted by atomic mass is 10.0. The predicted molar refractivity (Wildman–Crippen MR) is 140 cm³/mol. The number of aliphatic carboxylic acids is 1. The molecule has 2 amide bonds. The van der Waals surface area contributed by atoms with Gasteiger partial charge in [-0.2, -0.15) is 0 Å². The molecule has 0 saturated carbocycles. The van der Waals surface area contributed by atoms with Crippen molar-refractivity contribution < 1.29 is 24.3 Å². The number of aryl methyl sites for hydroxylation is 1. The Labute approximate surface area is 228 Å². The van der Waals surface area contributed by atoms with E-state index in [1.807, 2.05) is 12.2 Å². The van der Waals surface area contributed by atoms with Crippen LogP contribution in [0.15, 0.2) is 39.1 Å². The van der Waals surface area contributed by atoms with Gasteiger partial charge in [0.15, 0.2) is 10.8 Å². The normalized spacial score (nSPS) is 23.2. The van der Waals surface area contributed by atoms with Crippen LogP contribution in [-0.2, 0) is 26.3 Å². The van der Waals surface area contributed by atoms with Crippen molar-refractivity contribution in [2.75, 3.05) is 17.2 Å². The third kappa shape index (κ3) is 5.25. The third-order valence-corrected chi connectivity index (χ3v) is 9.07. The number of fused-ring (bicyclic) bond motifs is 1. The number of hydrogen-bond donors (Lipinski definition) is 3. The van der Waals surface area contributed by atoms with Crippen LogP contribution in [0.5, 0.6) is 0 Å². The number of nitrogens with two attached hydrogens (primary N) is 1. The number of thiazole rings is 1. The summed E-state index contributed by atoms with van der Waals surface area (Å²) in [6.07, 6.45) is 6.29. The number of tetrazole rings is 1. The second kappa shape index (κ2) is 11.1. The molecule has 0 bridgehead atoms. The average molecular weight is 578 g/mol. The Morgan fingerprint density at radius 2 is 2.26 bits per heavy atom. The van der Waals surface area contributed by atoms with Crippen LogP contribution in [0.3, 0.4) is 0 Å². The summed E-state index contributed by atoms with van der Waals surface area (Å²) in [6, 6.07) is -0.935. The molecule has 3 aliphatic rings. The first-order chi connectivity index (χ1) is 18.3. The van der Waals surface area contributed by atoms with Gasteiger partial charge in [-0.15, -0.1) is 28.2 Å². The smallest absolute Gasteiger partial charge is 0.352 e. The van der Waals surface area contributed by atoms with Gasteiger partial charge in [-0.1, -0.05) is 23.0 Å². The highest BCUT2D eigenvalue weighted by Crippen LogP contribution is 2.41. The molecule has 200 valence electrons. The zero-order valence-electron chi connectivity index (χ0n) is 20.0. The van der Waals surface area contributed by atoms with Gasteiger partial charge in [-0.05, 0) is 41.3 Å². The van der Waals surface area contributed by atoms with Gasteiger partial charge < -0.3 is 21.0 Å². The topological polar surface area (TPSA) is 191 Å². The molecule has 0 radical (unpaired) electrons. The van der Waals surface area contributed by atoms with Crippen LogP contribution < -0.4 is 11.1 Å². The van der Waals surface area contributed by atoms with Crippen LogP contribution >= 0.6 is 34.9 Å². The fraction of sp³-hybridized carbons (Fsp3) is 0.429. The molecular weight excluding hydrogens is 554 g/mol. The van der Waals surface area contributed by atoms with Crippen LogP contribution in [0.4, 0.5) is 5.13 Å². The van der Waals surface area contributed by atoms with E-state index in [1.54, 1.807) is 12.4 Å². The highest BCUT2D eigenvalue weighted by atomic mass is 32.2. The molecule has 1 fully saturated rings. The van der Waals surface area contributed by atoms with Crippen LogP contribution in [-0.4, -0.2) is 87.7 Å². The Morgan fingerprint density at radius 3 is 2.92 bits per heavy atom. The largest absolute Gasteiger partial charge is 0.477 e. The fourth-order valence-electron chi connectivity index (χ4n) is 4.09. The Morgan fingerprint density at radius 1 is 1.42 bits per heavy atom. The molecule has 0 spiro atoms. The van der Waals surface area contributed by atoms with Crippen molar-refractivity contribution >= 4 is 63.5 Å². The summed E-state index contributed by atoms with van der Waals surface area (Å²) < 4.78 is 1.48. The van der Waals surface area contributed by atoms with Gasteiger partial charge >= 0.3 is 5.97 Å². The average Bonchev–Trinajstić information content (AvgIpc) is 3.53. The molecule has 2 unspecified atom stereocenters. The summed E-state index contributed by atoms with van der Waals surface area (Å²) in [5, 5.41) is 29.7. The number of hydrogen-bond acceptors (Lipinski definition) is 13. The molecule has 14 nitrogen and oxygen atoms in total.